The SMILES string of the molecule is CN1C=CN(Cc2ccnc(-c3cccc(F)c3)c2)C1. The molecule has 0 fully saturated rings. The highest BCUT2D eigenvalue weighted by Gasteiger charge is 2.09. The van der Waals surface area contributed by atoms with Crippen molar-refractivity contribution >= 4 is 0 Å². The molecular weight excluding hydrogens is 253 g/mol. The maximum absolute atomic E-state index is 13.3. The number of aromatic nitrogens is 1. The van der Waals surface area contributed by atoms with Gasteiger partial charge >= 0.3 is 0 Å². The number of rotatable bonds is 3. The van der Waals surface area contributed by atoms with Gasteiger partial charge in [-0.05, 0) is 29.8 Å². The maximum Gasteiger partial charge on any atom is 0.123 e. The zero-order chi connectivity index (χ0) is 13.9. The quantitative estimate of drug-likeness (QED) is 0.853. The summed E-state index contributed by atoms with van der Waals surface area (Å²) in [6, 6.07) is 10.5. The summed E-state index contributed by atoms with van der Waals surface area (Å²) in [5.41, 5.74) is 2.78. The Balaban J connectivity index is 1.81. The smallest absolute Gasteiger partial charge is 0.123 e. The van der Waals surface area contributed by atoms with Crippen LogP contribution in [0.3, 0.4) is 0 Å². The molecule has 2 heterocycles. The molecule has 1 aliphatic rings. The van der Waals surface area contributed by atoms with Gasteiger partial charge in [-0.15, -0.1) is 0 Å². The standard InChI is InChI=1S/C16H16FN3/c1-19-7-8-20(12-19)11-13-5-6-18-16(9-13)14-3-2-4-15(17)10-14/h2-10H,11-12H2,1H3. The molecule has 0 bridgehead atoms. The van der Waals surface area contributed by atoms with Crippen molar-refractivity contribution in [3.05, 3.63) is 66.4 Å². The lowest BCUT2D eigenvalue weighted by atomic mass is 10.1. The molecule has 20 heavy (non-hydrogen) atoms. The monoisotopic (exact) mass is 269 g/mol. The summed E-state index contributed by atoms with van der Waals surface area (Å²) in [7, 11) is 2.04. The summed E-state index contributed by atoms with van der Waals surface area (Å²) >= 11 is 0. The van der Waals surface area contributed by atoms with Crippen LogP contribution < -0.4 is 0 Å². The summed E-state index contributed by atoms with van der Waals surface area (Å²) in [4.78, 5) is 8.66. The Hall–Kier alpha value is -2.36. The number of nitrogens with zero attached hydrogens (tertiary/aromatic N) is 3. The highest BCUT2D eigenvalue weighted by molar-refractivity contribution is 5.59. The molecule has 4 heteroatoms. The van der Waals surface area contributed by atoms with Gasteiger partial charge in [0.25, 0.3) is 0 Å². The third kappa shape index (κ3) is 2.79. The molecular formula is C16H16FN3. The largest absolute Gasteiger partial charge is 0.362 e. The van der Waals surface area contributed by atoms with Crippen LogP contribution in [-0.2, 0) is 6.54 Å². The fraction of sp³-hybridized carbons (Fsp3) is 0.188. The molecule has 0 saturated heterocycles. The van der Waals surface area contributed by atoms with Crippen molar-refractivity contribution in [1.82, 2.24) is 14.8 Å². The van der Waals surface area contributed by atoms with Gasteiger partial charge < -0.3 is 9.80 Å². The topological polar surface area (TPSA) is 19.4 Å². The van der Waals surface area contributed by atoms with Crippen molar-refractivity contribution in [1.29, 1.82) is 0 Å². The Bertz CT molecular complexity index is 639. The Morgan fingerprint density at radius 1 is 1.20 bits per heavy atom. The van der Waals surface area contributed by atoms with E-state index in [9.17, 15) is 4.39 Å². The fourth-order valence-corrected chi connectivity index (χ4v) is 2.30. The van der Waals surface area contributed by atoms with Gasteiger partial charge in [0.1, 0.15) is 5.82 Å². The first-order valence-electron chi connectivity index (χ1n) is 6.54. The minimum Gasteiger partial charge on any atom is -0.362 e. The molecule has 0 atom stereocenters. The van der Waals surface area contributed by atoms with E-state index in [0.717, 1.165) is 24.5 Å². The van der Waals surface area contributed by atoms with Crippen LogP contribution in [0, 0.1) is 5.82 Å². The summed E-state index contributed by atoms with van der Waals surface area (Å²) < 4.78 is 13.3. The molecule has 2 aromatic rings. The first-order valence-corrected chi connectivity index (χ1v) is 6.54. The van der Waals surface area contributed by atoms with E-state index in [2.05, 4.69) is 27.2 Å². The van der Waals surface area contributed by atoms with E-state index in [0.29, 0.717) is 0 Å². The first-order chi connectivity index (χ1) is 9.70. The molecule has 0 spiro atoms. The Morgan fingerprint density at radius 3 is 2.85 bits per heavy atom. The van der Waals surface area contributed by atoms with Crippen LogP contribution in [0.25, 0.3) is 11.3 Å². The van der Waals surface area contributed by atoms with Gasteiger partial charge in [-0.3, -0.25) is 4.98 Å². The van der Waals surface area contributed by atoms with Crippen molar-refractivity contribution in [2.24, 2.45) is 0 Å². The van der Waals surface area contributed by atoms with Crippen LogP contribution in [0.15, 0.2) is 55.0 Å². The van der Waals surface area contributed by atoms with Crippen molar-refractivity contribution in [2.45, 2.75) is 6.54 Å². The zero-order valence-electron chi connectivity index (χ0n) is 11.3. The molecule has 1 aromatic carbocycles. The third-order valence-corrected chi connectivity index (χ3v) is 3.27. The van der Waals surface area contributed by atoms with Crippen LogP contribution in [0.2, 0.25) is 0 Å². The number of halogens is 1. The second-order valence-electron chi connectivity index (χ2n) is 5.00. The summed E-state index contributed by atoms with van der Waals surface area (Å²) in [6.45, 7) is 1.71. The Labute approximate surface area is 118 Å². The van der Waals surface area contributed by atoms with Crippen molar-refractivity contribution in [2.75, 3.05) is 13.7 Å². The van der Waals surface area contributed by atoms with Crippen molar-refractivity contribution in [3.8, 4) is 11.3 Å². The highest BCUT2D eigenvalue weighted by atomic mass is 19.1. The predicted molar refractivity (Wildman–Crippen MR) is 76.9 cm³/mol. The van der Waals surface area contributed by atoms with Gasteiger partial charge in [0.05, 0.1) is 12.4 Å². The van der Waals surface area contributed by atoms with Crippen molar-refractivity contribution < 1.29 is 4.39 Å². The number of hydrogen-bond donors (Lipinski definition) is 0. The number of hydrogen-bond acceptors (Lipinski definition) is 3. The van der Waals surface area contributed by atoms with E-state index in [1.165, 1.54) is 17.7 Å². The zero-order valence-corrected chi connectivity index (χ0v) is 11.3. The molecule has 0 amide bonds. The van der Waals surface area contributed by atoms with E-state index in [1.807, 2.05) is 25.2 Å². The van der Waals surface area contributed by atoms with E-state index >= 15 is 0 Å². The Morgan fingerprint density at radius 2 is 2.10 bits per heavy atom. The van der Waals surface area contributed by atoms with Crippen molar-refractivity contribution in [3.63, 3.8) is 0 Å². The van der Waals surface area contributed by atoms with Gasteiger partial charge in [-0.2, -0.15) is 0 Å². The molecule has 0 radical (unpaired) electrons. The summed E-state index contributed by atoms with van der Waals surface area (Å²) in [5.74, 6) is -0.237. The van der Waals surface area contributed by atoms with Crippen LogP contribution in [0.1, 0.15) is 5.56 Å². The minimum atomic E-state index is -0.237. The lowest BCUT2D eigenvalue weighted by Crippen LogP contribution is -2.21. The summed E-state index contributed by atoms with van der Waals surface area (Å²) in [5, 5.41) is 0. The predicted octanol–water partition coefficient (Wildman–Crippen LogP) is 3.06. The molecule has 0 aliphatic carbocycles. The number of pyridine rings is 1. The lowest BCUT2D eigenvalue weighted by molar-refractivity contribution is 0.291. The molecule has 0 unspecified atom stereocenters. The molecule has 0 saturated carbocycles. The van der Waals surface area contributed by atoms with Gasteiger partial charge in [0.2, 0.25) is 0 Å². The van der Waals surface area contributed by atoms with Gasteiger partial charge in [-0.1, -0.05) is 12.1 Å². The maximum atomic E-state index is 13.3. The van der Waals surface area contributed by atoms with Crippen LogP contribution in [-0.4, -0.2) is 28.5 Å². The normalized spacial score (nSPS) is 14.1. The molecule has 0 N–H and O–H groups in total. The minimum absolute atomic E-state index is 0.237. The molecule has 3 nitrogen and oxygen atoms in total. The van der Waals surface area contributed by atoms with Gasteiger partial charge in [-0.25, -0.2) is 4.39 Å². The molecule has 102 valence electrons. The first kappa shape index (κ1) is 12.7. The Kier molecular flexibility index (Phi) is 3.37. The molecule has 3 rings (SSSR count). The lowest BCUT2D eigenvalue weighted by Gasteiger charge is -2.18. The number of benzene rings is 1. The highest BCUT2D eigenvalue weighted by Crippen LogP contribution is 2.20. The van der Waals surface area contributed by atoms with Crippen LogP contribution >= 0.6 is 0 Å². The fourth-order valence-electron chi connectivity index (χ4n) is 2.30. The average molecular weight is 269 g/mol. The van der Waals surface area contributed by atoms with E-state index in [1.54, 1.807) is 12.3 Å². The van der Waals surface area contributed by atoms with Gasteiger partial charge in [0, 0.05) is 37.8 Å². The third-order valence-electron chi connectivity index (χ3n) is 3.27. The summed E-state index contributed by atoms with van der Waals surface area (Å²) in [6.07, 6.45) is 5.90. The van der Waals surface area contributed by atoms with E-state index in [4.69, 9.17) is 0 Å². The second-order valence-corrected chi connectivity index (χ2v) is 5.00. The molecule has 1 aromatic heterocycles. The van der Waals surface area contributed by atoms with Crippen LogP contribution in [0.4, 0.5) is 4.39 Å². The molecule has 1 aliphatic heterocycles. The average Bonchev–Trinajstić information content (AvgIpc) is 2.84. The van der Waals surface area contributed by atoms with Gasteiger partial charge in [0.15, 0.2) is 0 Å². The second kappa shape index (κ2) is 5.33. The van der Waals surface area contributed by atoms with E-state index in [-0.39, 0.29) is 5.82 Å². The van der Waals surface area contributed by atoms with E-state index < -0.39 is 0 Å². The van der Waals surface area contributed by atoms with Crippen LogP contribution in [0.5, 0.6) is 0 Å².